The average Bonchev–Trinajstić information content (AvgIpc) is 3.00. The van der Waals surface area contributed by atoms with Crippen LogP contribution < -0.4 is 10.9 Å². The van der Waals surface area contributed by atoms with E-state index in [-0.39, 0.29) is 5.56 Å². The molecule has 0 fully saturated rings. The highest BCUT2D eigenvalue weighted by atomic mass is 32.1. The summed E-state index contributed by atoms with van der Waals surface area (Å²) in [5.74, 6) is -0.109. The second-order valence-corrected chi connectivity index (χ2v) is 7.37. The van der Waals surface area contributed by atoms with E-state index >= 15 is 0 Å². The van der Waals surface area contributed by atoms with E-state index in [1.54, 1.807) is 0 Å². The van der Waals surface area contributed by atoms with Gasteiger partial charge in [0.05, 0.1) is 24.9 Å². The van der Waals surface area contributed by atoms with Crippen molar-refractivity contribution in [2.75, 3.05) is 12.4 Å². The number of methoxy groups -OCH3 is 1. The molecule has 2 aromatic heterocycles. The molecule has 0 saturated carbocycles. The Kier molecular flexibility index (Phi) is 5.03. The van der Waals surface area contributed by atoms with Gasteiger partial charge in [0.25, 0.3) is 5.56 Å². The predicted molar refractivity (Wildman–Crippen MR) is 101 cm³/mol. The molecule has 0 amide bonds. The van der Waals surface area contributed by atoms with Crippen molar-refractivity contribution in [2.45, 2.75) is 33.2 Å². The third-order valence-corrected chi connectivity index (χ3v) is 4.80. The number of hydrogen-bond acceptors (Lipinski definition) is 7. The molecule has 0 atom stereocenters. The van der Waals surface area contributed by atoms with Gasteiger partial charge in [-0.15, -0.1) is 0 Å². The Balaban J connectivity index is 1.89. The van der Waals surface area contributed by atoms with Crippen LogP contribution in [0.4, 0.5) is 5.69 Å². The Labute approximate surface area is 154 Å². The number of benzene rings is 1. The van der Waals surface area contributed by atoms with Crippen LogP contribution in [0.2, 0.25) is 0 Å². The molecule has 1 N–H and O–H groups in total. The number of nitrogens with one attached hydrogen (secondary N) is 1. The van der Waals surface area contributed by atoms with Crippen LogP contribution in [0.25, 0.3) is 4.96 Å². The number of fused-ring (bicyclic) bond motifs is 1. The fourth-order valence-corrected chi connectivity index (χ4v) is 3.35. The van der Waals surface area contributed by atoms with E-state index in [1.165, 1.54) is 29.0 Å². The van der Waals surface area contributed by atoms with Crippen LogP contribution in [0.3, 0.4) is 0 Å². The molecule has 3 rings (SSSR count). The van der Waals surface area contributed by atoms with Crippen molar-refractivity contribution >= 4 is 28.0 Å². The van der Waals surface area contributed by atoms with Crippen LogP contribution >= 0.6 is 11.3 Å². The molecular formula is C18H20N4O3S. The van der Waals surface area contributed by atoms with Gasteiger partial charge in [-0.25, -0.2) is 9.78 Å². The van der Waals surface area contributed by atoms with Gasteiger partial charge in [0.1, 0.15) is 5.01 Å². The first-order valence-electron chi connectivity index (χ1n) is 8.21. The number of ether oxygens (including phenoxy) is 1. The molecule has 0 bridgehead atoms. The molecule has 1 aromatic carbocycles. The minimum Gasteiger partial charge on any atom is -0.465 e. The number of rotatable bonds is 5. The lowest BCUT2D eigenvalue weighted by Gasteiger charge is -2.14. The van der Waals surface area contributed by atoms with Gasteiger partial charge >= 0.3 is 5.97 Å². The van der Waals surface area contributed by atoms with Crippen molar-refractivity contribution < 1.29 is 9.53 Å². The summed E-state index contributed by atoms with van der Waals surface area (Å²) in [6.07, 6.45) is 0. The van der Waals surface area contributed by atoms with Crippen LogP contribution in [-0.2, 0) is 11.3 Å². The molecule has 8 heteroatoms. The van der Waals surface area contributed by atoms with Crippen LogP contribution in [0, 0.1) is 6.92 Å². The quantitative estimate of drug-likeness (QED) is 0.693. The number of aromatic nitrogens is 3. The fraction of sp³-hybridized carbons (Fsp3) is 0.333. The minimum atomic E-state index is -0.406. The van der Waals surface area contributed by atoms with Gasteiger partial charge in [-0.05, 0) is 30.5 Å². The van der Waals surface area contributed by atoms with Crippen molar-refractivity contribution in [3.8, 4) is 0 Å². The van der Waals surface area contributed by atoms with E-state index in [0.717, 1.165) is 10.6 Å². The minimum absolute atomic E-state index is 0.223. The zero-order valence-electron chi connectivity index (χ0n) is 15.1. The summed E-state index contributed by atoms with van der Waals surface area (Å²) in [4.78, 5) is 29.2. The molecule has 3 aromatic rings. The largest absolute Gasteiger partial charge is 0.465 e. The third kappa shape index (κ3) is 3.60. The third-order valence-electron chi connectivity index (χ3n) is 3.97. The zero-order valence-corrected chi connectivity index (χ0v) is 15.9. The fourth-order valence-electron chi connectivity index (χ4n) is 2.58. The van der Waals surface area contributed by atoms with Crippen LogP contribution in [-0.4, -0.2) is 27.7 Å². The van der Waals surface area contributed by atoms with E-state index < -0.39 is 5.97 Å². The molecule has 7 nitrogen and oxygen atoms in total. The van der Waals surface area contributed by atoms with E-state index in [9.17, 15) is 9.59 Å². The first kappa shape index (κ1) is 18.1. The van der Waals surface area contributed by atoms with Crippen LogP contribution in [0.5, 0.6) is 0 Å². The SMILES string of the molecule is COC(=O)c1cc(C(C)C)ccc1NCc1cc(=O)n2nc(C)sc2n1. The highest BCUT2D eigenvalue weighted by molar-refractivity contribution is 7.16. The summed E-state index contributed by atoms with van der Waals surface area (Å²) in [5, 5.41) is 8.08. The highest BCUT2D eigenvalue weighted by Crippen LogP contribution is 2.24. The van der Waals surface area contributed by atoms with Gasteiger partial charge in [0.2, 0.25) is 4.96 Å². The second kappa shape index (κ2) is 7.25. The molecule has 26 heavy (non-hydrogen) atoms. The Morgan fingerprint density at radius 2 is 2.12 bits per heavy atom. The maximum Gasteiger partial charge on any atom is 0.339 e. The summed E-state index contributed by atoms with van der Waals surface area (Å²) in [6.45, 7) is 6.27. The molecule has 0 aliphatic rings. The molecule has 0 unspecified atom stereocenters. The van der Waals surface area contributed by atoms with E-state index in [2.05, 4.69) is 29.2 Å². The topological polar surface area (TPSA) is 85.6 Å². The lowest BCUT2D eigenvalue weighted by atomic mass is 9.99. The molecule has 0 spiro atoms. The number of esters is 1. The monoisotopic (exact) mass is 372 g/mol. The van der Waals surface area contributed by atoms with Crippen molar-refractivity contribution in [3.63, 3.8) is 0 Å². The zero-order chi connectivity index (χ0) is 18.8. The Morgan fingerprint density at radius 3 is 2.81 bits per heavy atom. The van der Waals surface area contributed by atoms with Crippen LogP contribution in [0.1, 0.15) is 46.4 Å². The molecule has 0 aliphatic heterocycles. The summed E-state index contributed by atoms with van der Waals surface area (Å²) >= 11 is 1.36. The van der Waals surface area contributed by atoms with Gasteiger partial charge < -0.3 is 10.1 Å². The molecule has 0 radical (unpaired) electrons. The van der Waals surface area contributed by atoms with Crippen molar-refractivity contribution in [2.24, 2.45) is 0 Å². The Morgan fingerprint density at radius 1 is 1.35 bits per heavy atom. The van der Waals surface area contributed by atoms with E-state index in [0.29, 0.717) is 34.4 Å². The highest BCUT2D eigenvalue weighted by Gasteiger charge is 2.15. The molecule has 0 saturated heterocycles. The average molecular weight is 372 g/mol. The summed E-state index contributed by atoms with van der Waals surface area (Å²) in [6, 6.07) is 7.09. The lowest BCUT2D eigenvalue weighted by Crippen LogP contribution is -2.17. The number of nitrogens with zero attached hydrogens (tertiary/aromatic N) is 3. The molecule has 136 valence electrons. The van der Waals surface area contributed by atoms with Gasteiger partial charge in [0, 0.05) is 11.8 Å². The lowest BCUT2D eigenvalue weighted by molar-refractivity contribution is 0.0601. The smallest absolute Gasteiger partial charge is 0.339 e. The number of hydrogen-bond donors (Lipinski definition) is 1. The molecular weight excluding hydrogens is 352 g/mol. The van der Waals surface area contributed by atoms with Crippen molar-refractivity contribution in [1.82, 2.24) is 14.6 Å². The maximum atomic E-state index is 12.1. The second-order valence-electron chi connectivity index (χ2n) is 6.21. The summed E-state index contributed by atoms with van der Waals surface area (Å²) in [7, 11) is 1.36. The number of carbonyl (C=O) groups excluding carboxylic acids is 1. The Hall–Kier alpha value is -2.74. The molecule has 0 aliphatic carbocycles. The first-order chi connectivity index (χ1) is 12.4. The number of anilines is 1. The van der Waals surface area contributed by atoms with Gasteiger partial charge in [-0.1, -0.05) is 31.3 Å². The number of carbonyl (C=O) groups is 1. The maximum absolute atomic E-state index is 12.1. The van der Waals surface area contributed by atoms with Gasteiger partial charge in [0.15, 0.2) is 0 Å². The predicted octanol–water partition coefficient (Wildman–Crippen LogP) is 2.98. The van der Waals surface area contributed by atoms with Crippen molar-refractivity contribution in [1.29, 1.82) is 0 Å². The Bertz CT molecular complexity index is 1020. The van der Waals surface area contributed by atoms with Crippen LogP contribution in [0.15, 0.2) is 29.1 Å². The first-order valence-corrected chi connectivity index (χ1v) is 9.03. The molecule has 2 heterocycles. The van der Waals surface area contributed by atoms with Crippen molar-refractivity contribution in [3.05, 3.63) is 56.4 Å². The van der Waals surface area contributed by atoms with E-state index in [4.69, 9.17) is 4.74 Å². The van der Waals surface area contributed by atoms with Gasteiger partial charge in [-0.2, -0.15) is 9.61 Å². The summed E-state index contributed by atoms with van der Waals surface area (Å²) < 4.78 is 6.18. The normalized spacial score (nSPS) is 11.1. The summed E-state index contributed by atoms with van der Waals surface area (Å²) in [5.41, 5.74) is 2.52. The van der Waals surface area contributed by atoms with Gasteiger partial charge in [-0.3, -0.25) is 4.79 Å². The number of aryl methyl sites for hydroxylation is 1. The van der Waals surface area contributed by atoms with E-state index in [1.807, 2.05) is 25.1 Å². The standard InChI is InChI=1S/C18H20N4O3S/c1-10(2)12-5-6-15(14(7-12)17(24)25-4)19-9-13-8-16(23)22-18(20-13)26-11(3)21-22/h5-8,10,19H,9H2,1-4H3.